The van der Waals surface area contributed by atoms with Gasteiger partial charge in [0.15, 0.2) is 5.11 Å². The van der Waals surface area contributed by atoms with Crippen LogP contribution in [0.15, 0.2) is 72.9 Å². The smallest absolute Gasteiger partial charge is 0.174 e. The van der Waals surface area contributed by atoms with E-state index in [1.54, 1.807) is 21.3 Å². The zero-order chi connectivity index (χ0) is 26.1. The second-order valence-corrected chi connectivity index (χ2v) is 9.28. The maximum atomic E-state index is 5.93. The SMILES string of the molecule is COc1cccc(-n2c(C)cc([C@@H]3[C@H](c4ccccn4)NC(=S)N3c3ccc(OC)cc3OC)c2C)c1. The molecule has 1 aliphatic heterocycles. The Balaban J connectivity index is 1.69. The van der Waals surface area contributed by atoms with Crippen LogP contribution in [0, 0.1) is 13.8 Å². The fraction of sp³-hybridized carbons (Fsp3) is 0.241. The fourth-order valence-electron chi connectivity index (χ4n) is 5.15. The van der Waals surface area contributed by atoms with E-state index in [9.17, 15) is 0 Å². The Bertz CT molecular complexity index is 1440. The van der Waals surface area contributed by atoms with Crippen LogP contribution >= 0.6 is 12.2 Å². The second-order valence-electron chi connectivity index (χ2n) is 8.90. The van der Waals surface area contributed by atoms with Crippen LogP contribution in [0.25, 0.3) is 5.69 Å². The first kappa shape index (κ1) is 24.6. The van der Waals surface area contributed by atoms with Gasteiger partial charge in [-0.05, 0) is 74.1 Å². The average Bonchev–Trinajstić information content (AvgIpc) is 3.43. The van der Waals surface area contributed by atoms with E-state index < -0.39 is 0 Å². The number of ether oxygens (including phenoxy) is 3. The van der Waals surface area contributed by atoms with Crippen molar-refractivity contribution in [2.75, 3.05) is 26.2 Å². The van der Waals surface area contributed by atoms with Crippen molar-refractivity contribution in [2.45, 2.75) is 25.9 Å². The molecule has 1 N–H and O–H groups in total. The van der Waals surface area contributed by atoms with Crippen LogP contribution in [0.1, 0.15) is 34.7 Å². The molecule has 8 heteroatoms. The van der Waals surface area contributed by atoms with Gasteiger partial charge in [0.2, 0.25) is 0 Å². The van der Waals surface area contributed by atoms with Gasteiger partial charge in [-0.15, -0.1) is 0 Å². The molecule has 4 aromatic rings. The summed E-state index contributed by atoms with van der Waals surface area (Å²) in [6.07, 6.45) is 1.81. The summed E-state index contributed by atoms with van der Waals surface area (Å²) >= 11 is 5.93. The number of hydrogen-bond acceptors (Lipinski definition) is 5. The molecule has 2 atom stereocenters. The summed E-state index contributed by atoms with van der Waals surface area (Å²) in [5, 5.41) is 4.15. The minimum Gasteiger partial charge on any atom is -0.497 e. The number of anilines is 1. The van der Waals surface area contributed by atoms with Gasteiger partial charge in [0.1, 0.15) is 17.2 Å². The van der Waals surface area contributed by atoms with E-state index in [2.05, 4.69) is 45.7 Å². The number of aryl methyl sites for hydroxylation is 1. The molecule has 0 spiro atoms. The van der Waals surface area contributed by atoms with E-state index in [4.69, 9.17) is 26.4 Å². The van der Waals surface area contributed by atoms with Crippen molar-refractivity contribution in [3.63, 3.8) is 0 Å². The quantitative estimate of drug-likeness (QED) is 0.318. The Morgan fingerprint density at radius 2 is 1.65 bits per heavy atom. The molecular formula is C29H30N4O3S. The largest absolute Gasteiger partial charge is 0.497 e. The first-order valence-electron chi connectivity index (χ1n) is 12.0. The van der Waals surface area contributed by atoms with Crippen molar-refractivity contribution in [2.24, 2.45) is 0 Å². The molecule has 190 valence electrons. The van der Waals surface area contributed by atoms with Crippen molar-refractivity contribution in [1.82, 2.24) is 14.9 Å². The normalized spacial score (nSPS) is 17.0. The number of thiocarbonyl (C=S) groups is 1. The molecule has 0 saturated carbocycles. The molecule has 37 heavy (non-hydrogen) atoms. The predicted octanol–water partition coefficient (Wildman–Crippen LogP) is 5.69. The van der Waals surface area contributed by atoms with Crippen LogP contribution in [0.4, 0.5) is 5.69 Å². The van der Waals surface area contributed by atoms with Crippen LogP contribution in [-0.2, 0) is 0 Å². The summed E-state index contributed by atoms with van der Waals surface area (Å²) in [5.74, 6) is 2.20. The third-order valence-electron chi connectivity index (χ3n) is 6.84. The first-order valence-corrected chi connectivity index (χ1v) is 12.4. The number of nitrogens with zero attached hydrogens (tertiary/aromatic N) is 3. The Morgan fingerprint density at radius 1 is 0.865 bits per heavy atom. The summed E-state index contributed by atoms with van der Waals surface area (Å²) in [7, 11) is 4.98. The van der Waals surface area contributed by atoms with Crippen LogP contribution < -0.4 is 24.4 Å². The van der Waals surface area contributed by atoms with Crippen LogP contribution in [0.3, 0.4) is 0 Å². The zero-order valence-electron chi connectivity index (χ0n) is 21.6. The monoisotopic (exact) mass is 514 g/mol. The van der Waals surface area contributed by atoms with Gasteiger partial charge < -0.3 is 29.0 Å². The molecule has 1 saturated heterocycles. The summed E-state index contributed by atoms with van der Waals surface area (Å²) in [5.41, 5.74) is 6.17. The summed E-state index contributed by atoms with van der Waals surface area (Å²) < 4.78 is 19.0. The van der Waals surface area contributed by atoms with Gasteiger partial charge in [-0.2, -0.15) is 0 Å². The number of benzene rings is 2. The maximum absolute atomic E-state index is 5.93. The molecule has 3 heterocycles. The van der Waals surface area contributed by atoms with Gasteiger partial charge in [0.25, 0.3) is 0 Å². The summed E-state index contributed by atoms with van der Waals surface area (Å²) in [6.45, 7) is 4.26. The highest BCUT2D eigenvalue weighted by atomic mass is 32.1. The van der Waals surface area contributed by atoms with Crippen molar-refractivity contribution in [1.29, 1.82) is 0 Å². The van der Waals surface area contributed by atoms with Crippen LogP contribution in [0.2, 0.25) is 0 Å². The van der Waals surface area contributed by atoms with Crippen molar-refractivity contribution < 1.29 is 14.2 Å². The van der Waals surface area contributed by atoms with Crippen LogP contribution in [0.5, 0.6) is 17.2 Å². The van der Waals surface area contributed by atoms with Gasteiger partial charge in [-0.3, -0.25) is 4.98 Å². The highest BCUT2D eigenvalue weighted by molar-refractivity contribution is 7.80. The third-order valence-corrected chi connectivity index (χ3v) is 7.16. The highest BCUT2D eigenvalue weighted by Crippen LogP contribution is 2.46. The summed E-state index contributed by atoms with van der Waals surface area (Å²) in [6, 6.07) is 21.7. The molecule has 0 radical (unpaired) electrons. The molecule has 1 fully saturated rings. The molecule has 0 aliphatic carbocycles. The molecule has 0 unspecified atom stereocenters. The number of aromatic nitrogens is 2. The lowest BCUT2D eigenvalue weighted by Gasteiger charge is -2.29. The van der Waals surface area contributed by atoms with Crippen molar-refractivity contribution in [3.8, 4) is 22.9 Å². The van der Waals surface area contributed by atoms with Gasteiger partial charge in [-0.25, -0.2) is 0 Å². The topological polar surface area (TPSA) is 60.8 Å². The van der Waals surface area contributed by atoms with Crippen LogP contribution in [-0.4, -0.2) is 36.0 Å². The van der Waals surface area contributed by atoms with Gasteiger partial charge in [0.05, 0.1) is 44.8 Å². The Hall–Kier alpha value is -4.04. The van der Waals surface area contributed by atoms with E-state index in [1.165, 1.54) is 0 Å². The third kappa shape index (κ3) is 4.38. The maximum Gasteiger partial charge on any atom is 0.174 e. The molecule has 1 aliphatic rings. The van der Waals surface area contributed by atoms with E-state index in [1.807, 2.05) is 60.8 Å². The number of methoxy groups -OCH3 is 3. The van der Waals surface area contributed by atoms with E-state index in [0.29, 0.717) is 16.6 Å². The van der Waals surface area contributed by atoms with E-state index >= 15 is 0 Å². The predicted molar refractivity (Wildman–Crippen MR) is 149 cm³/mol. The Kier molecular flexibility index (Phi) is 6.76. The zero-order valence-corrected chi connectivity index (χ0v) is 22.4. The lowest BCUT2D eigenvalue weighted by atomic mass is 9.96. The number of rotatable bonds is 7. The molecule has 2 aromatic carbocycles. The van der Waals surface area contributed by atoms with Gasteiger partial charge in [-0.1, -0.05) is 12.1 Å². The van der Waals surface area contributed by atoms with Crippen molar-refractivity contribution in [3.05, 3.63) is 95.6 Å². The molecule has 7 nitrogen and oxygen atoms in total. The Labute approximate surface area is 222 Å². The number of nitrogens with one attached hydrogen (secondary N) is 1. The number of pyridine rings is 1. The Morgan fingerprint density at radius 3 is 2.35 bits per heavy atom. The highest BCUT2D eigenvalue weighted by Gasteiger charge is 2.43. The fourth-order valence-corrected chi connectivity index (χ4v) is 5.49. The van der Waals surface area contributed by atoms with Crippen molar-refractivity contribution >= 4 is 23.0 Å². The summed E-state index contributed by atoms with van der Waals surface area (Å²) in [4.78, 5) is 6.81. The second kappa shape index (κ2) is 10.1. The lowest BCUT2D eigenvalue weighted by Crippen LogP contribution is -2.30. The number of hydrogen-bond donors (Lipinski definition) is 1. The molecule has 2 aromatic heterocycles. The minimum atomic E-state index is -0.171. The van der Waals surface area contributed by atoms with Gasteiger partial charge >= 0.3 is 0 Å². The van der Waals surface area contributed by atoms with Gasteiger partial charge in [0, 0.05) is 35.4 Å². The minimum absolute atomic E-state index is 0.167. The van der Waals surface area contributed by atoms with E-state index in [-0.39, 0.29) is 12.1 Å². The lowest BCUT2D eigenvalue weighted by molar-refractivity contribution is 0.394. The standard InChI is InChI=1S/C29H30N4O3S/c1-18-15-23(19(2)32(18)20-9-8-10-21(16-20)34-3)28-27(24-11-6-7-14-30-24)31-29(37)33(28)25-13-12-22(35-4)17-26(25)36-5/h6-17,27-28H,1-5H3,(H,31,37)/t27-,28+/m0/s1. The van der Waals surface area contributed by atoms with E-state index in [0.717, 1.165) is 39.8 Å². The molecular weight excluding hydrogens is 484 g/mol. The molecule has 0 bridgehead atoms. The molecule has 5 rings (SSSR count). The molecule has 0 amide bonds. The average molecular weight is 515 g/mol. The first-order chi connectivity index (χ1) is 18.0.